The second kappa shape index (κ2) is 9.37. The van der Waals surface area contributed by atoms with Crippen molar-refractivity contribution >= 4 is 11.7 Å². The Labute approximate surface area is 199 Å². The Bertz CT molecular complexity index is 1210. The van der Waals surface area contributed by atoms with Crippen molar-refractivity contribution in [1.29, 1.82) is 0 Å². The Morgan fingerprint density at radius 2 is 1.82 bits per heavy atom. The van der Waals surface area contributed by atoms with Gasteiger partial charge in [-0.15, -0.1) is 0 Å². The minimum atomic E-state index is -0.547. The van der Waals surface area contributed by atoms with Gasteiger partial charge in [-0.2, -0.15) is 0 Å². The monoisotopic (exact) mass is 463 g/mol. The molecule has 0 saturated heterocycles. The summed E-state index contributed by atoms with van der Waals surface area (Å²) in [6.07, 6.45) is -0.475. The molecule has 0 spiro atoms. The number of hydrogen-bond acceptors (Lipinski definition) is 5. The van der Waals surface area contributed by atoms with Crippen LogP contribution in [0.3, 0.4) is 0 Å². The van der Waals surface area contributed by atoms with Crippen LogP contribution in [0.2, 0.25) is 0 Å². The fraction of sp³-hybridized carbons (Fsp3) is 0.321. The van der Waals surface area contributed by atoms with Gasteiger partial charge >= 0.3 is 5.97 Å². The number of hydrogen-bond donors (Lipinski definition) is 1. The first-order valence-corrected chi connectivity index (χ1v) is 11.3. The molecule has 5 nitrogen and oxygen atoms in total. The van der Waals surface area contributed by atoms with Crippen molar-refractivity contribution < 1.29 is 23.4 Å². The van der Waals surface area contributed by atoms with Gasteiger partial charge in [-0.3, -0.25) is 4.79 Å². The molecule has 0 fully saturated rings. The van der Waals surface area contributed by atoms with Gasteiger partial charge in [0.1, 0.15) is 18.5 Å². The molecule has 0 aromatic heterocycles. The van der Waals surface area contributed by atoms with Crippen LogP contribution in [0.15, 0.2) is 60.7 Å². The van der Waals surface area contributed by atoms with Crippen LogP contribution in [-0.2, 0) is 16.1 Å². The highest BCUT2D eigenvalue weighted by molar-refractivity contribution is 5.68. The first-order chi connectivity index (χ1) is 16.2. The lowest BCUT2D eigenvalue weighted by atomic mass is 9.70. The summed E-state index contributed by atoms with van der Waals surface area (Å²) in [7, 11) is 1.58. The molecule has 1 aliphatic heterocycles. The van der Waals surface area contributed by atoms with E-state index in [1.165, 1.54) is 13.0 Å². The zero-order valence-electron chi connectivity index (χ0n) is 20.1. The van der Waals surface area contributed by atoms with Gasteiger partial charge < -0.3 is 19.5 Å². The average molecular weight is 464 g/mol. The van der Waals surface area contributed by atoms with E-state index in [0.717, 1.165) is 22.4 Å². The smallest absolute Gasteiger partial charge is 0.303 e. The van der Waals surface area contributed by atoms with Gasteiger partial charge in [0.15, 0.2) is 11.5 Å². The summed E-state index contributed by atoms with van der Waals surface area (Å²) in [5.74, 6) is 0.406. The van der Waals surface area contributed by atoms with E-state index in [4.69, 9.17) is 14.2 Å². The van der Waals surface area contributed by atoms with Crippen molar-refractivity contribution in [3.05, 3.63) is 88.7 Å². The minimum Gasteiger partial charge on any atom is -0.493 e. The maximum absolute atomic E-state index is 14.3. The fourth-order valence-corrected chi connectivity index (χ4v) is 4.62. The second-order valence-electron chi connectivity index (χ2n) is 9.24. The van der Waals surface area contributed by atoms with E-state index >= 15 is 0 Å². The van der Waals surface area contributed by atoms with Crippen LogP contribution in [-0.4, -0.2) is 13.1 Å². The summed E-state index contributed by atoms with van der Waals surface area (Å²) in [4.78, 5) is 12.1. The van der Waals surface area contributed by atoms with Crippen molar-refractivity contribution in [3.8, 4) is 11.5 Å². The maximum Gasteiger partial charge on any atom is 0.303 e. The Morgan fingerprint density at radius 3 is 2.53 bits per heavy atom. The Hall–Kier alpha value is -3.54. The normalized spacial score (nSPS) is 18.4. The van der Waals surface area contributed by atoms with Crippen LogP contribution in [0.25, 0.3) is 0 Å². The quantitative estimate of drug-likeness (QED) is 0.422. The summed E-state index contributed by atoms with van der Waals surface area (Å²) >= 11 is 0. The van der Waals surface area contributed by atoms with E-state index in [1.54, 1.807) is 25.3 Å². The van der Waals surface area contributed by atoms with Gasteiger partial charge in [0.05, 0.1) is 13.2 Å². The molecule has 3 aromatic carbocycles. The van der Waals surface area contributed by atoms with Gasteiger partial charge in [0, 0.05) is 34.7 Å². The summed E-state index contributed by atoms with van der Waals surface area (Å²) in [6.45, 7) is 7.61. The standard InChI is InChI=1S/C28H30FNO4/c1-17-13-14-23-21(15-17)27(34-18(2)31)28(3,4)26(30-23)20-10-8-12-24(32-5)25(20)33-16-19-9-6-7-11-22(19)29/h6-15,26-27,30H,16H2,1-5H3. The summed E-state index contributed by atoms with van der Waals surface area (Å²) < 4.78 is 31.9. The topological polar surface area (TPSA) is 56.8 Å². The highest BCUT2D eigenvalue weighted by atomic mass is 19.1. The number of aryl methyl sites for hydroxylation is 1. The van der Waals surface area contributed by atoms with Crippen LogP contribution in [0, 0.1) is 18.2 Å². The number of carbonyl (C=O) groups is 1. The van der Waals surface area contributed by atoms with Crippen molar-refractivity contribution in [2.24, 2.45) is 5.41 Å². The van der Waals surface area contributed by atoms with Crippen LogP contribution in [0.5, 0.6) is 11.5 Å². The number of esters is 1. The molecule has 0 bridgehead atoms. The molecule has 0 radical (unpaired) electrons. The molecule has 4 rings (SSSR count). The van der Waals surface area contributed by atoms with Crippen LogP contribution >= 0.6 is 0 Å². The molecule has 2 unspecified atom stereocenters. The summed E-state index contributed by atoms with van der Waals surface area (Å²) in [5, 5.41) is 3.63. The maximum atomic E-state index is 14.3. The molecule has 0 amide bonds. The molecular weight excluding hydrogens is 433 g/mol. The zero-order chi connectivity index (χ0) is 24.5. The zero-order valence-corrected chi connectivity index (χ0v) is 20.1. The highest BCUT2D eigenvalue weighted by Crippen LogP contribution is 2.55. The van der Waals surface area contributed by atoms with Crippen molar-refractivity contribution in [2.75, 3.05) is 12.4 Å². The minimum absolute atomic E-state index is 0.0519. The molecule has 1 N–H and O–H groups in total. The Kier molecular flexibility index (Phi) is 6.51. The predicted molar refractivity (Wildman–Crippen MR) is 130 cm³/mol. The molecule has 6 heteroatoms. The lowest BCUT2D eigenvalue weighted by molar-refractivity contribution is -0.154. The molecule has 1 aliphatic rings. The number of nitrogens with one attached hydrogen (secondary N) is 1. The number of anilines is 1. The predicted octanol–water partition coefficient (Wildman–Crippen LogP) is 6.52. The average Bonchev–Trinajstić information content (AvgIpc) is 2.80. The summed E-state index contributed by atoms with van der Waals surface area (Å²) in [5.41, 5.74) is 3.66. The molecule has 3 aromatic rings. The molecule has 0 saturated carbocycles. The second-order valence-corrected chi connectivity index (χ2v) is 9.24. The van der Waals surface area contributed by atoms with E-state index in [0.29, 0.717) is 17.1 Å². The van der Waals surface area contributed by atoms with E-state index < -0.39 is 11.5 Å². The van der Waals surface area contributed by atoms with E-state index in [9.17, 15) is 9.18 Å². The molecule has 34 heavy (non-hydrogen) atoms. The Morgan fingerprint density at radius 1 is 1.06 bits per heavy atom. The molecular formula is C28H30FNO4. The molecule has 1 heterocycles. The largest absolute Gasteiger partial charge is 0.493 e. The van der Waals surface area contributed by atoms with Gasteiger partial charge in [-0.1, -0.05) is 61.9 Å². The van der Waals surface area contributed by atoms with Crippen molar-refractivity contribution in [1.82, 2.24) is 0 Å². The van der Waals surface area contributed by atoms with E-state index in [2.05, 4.69) is 25.2 Å². The van der Waals surface area contributed by atoms with Crippen LogP contribution < -0.4 is 14.8 Å². The van der Waals surface area contributed by atoms with Crippen molar-refractivity contribution in [2.45, 2.75) is 46.4 Å². The van der Waals surface area contributed by atoms with Gasteiger partial charge in [-0.05, 0) is 25.1 Å². The third kappa shape index (κ3) is 4.45. The van der Waals surface area contributed by atoms with Gasteiger partial charge in [0.25, 0.3) is 0 Å². The lowest BCUT2D eigenvalue weighted by Gasteiger charge is -2.46. The number of rotatable bonds is 6. The Balaban J connectivity index is 1.79. The van der Waals surface area contributed by atoms with E-state index in [-0.39, 0.29) is 24.4 Å². The van der Waals surface area contributed by atoms with Gasteiger partial charge in [0.2, 0.25) is 0 Å². The highest BCUT2D eigenvalue weighted by Gasteiger charge is 2.47. The van der Waals surface area contributed by atoms with Crippen LogP contribution in [0.4, 0.5) is 10.1 Å². The lowest BCUT2D eigenvalue weighted by Crippen LogP contribution is -2.40. The number of methoxy groups -OCH3 is 1. The van der Waals surface area contributed by atoms with Crippen molar-refractivity contribution in [3.63, 3.8) is 0 Å². The molecule has 2 atom stereocenters. The molecule has 0 aliphatic carbocycles. The summed E-state index contributed by atoms with van der Waals surface area (Å²) in [6, 6.07) is 18.0. The number of carbonyl (C=O) groups excluding carboxylic acids is 1. The SMILES string of the molecule is COc1cccc(C2Nc3ccc(C)cc3C(OC(C)=O)C2(C)C)c1OCc1ccccc1F. The molecule has 178 valence electrons. The number of ether oxygens (including phenoxy) is 3. The third-order valence-corrected chi connectivity index (χ3v) is 6.36. The number of fused-ring (bicyclic) bond motifs is 1. The van der Waals surface area contributed by atoms with Crippen LogP contribution in [0.1, 0.15) is 55.2 Å². The number of halogens is 1. The fourth-order valence-electron chi connectivity index (χ4n) is 4.62. The number of benzene rings is 3. The van der Waals surface area contributed by atoms with Gasteiger partial charge in [-0.25, -0.2) is 4.39 Å². The first-order valence-electron chi connectivity index (χ1n) is 11.3. The number of para-hydroxylation sites is 1. The van der Waals surface area contributed by atoms with E-state index in [1.807, 2.05) is 37.3 Å². The third-order valence-electron chi connectivity index (χ3n) is 6.36. The first kappa shape index (κ1) is 23.6.